The van der Waals surface area contributed by atoms with Gasteiger partial charge in [0, 0.05) is 26.2 Å². The van der Waals surface area contributed by atoms with E-state index in [0.29, 0.717) is 32.8 Å². The Hall–Kier alpha value is -3.18. The topological polar surface area (TPSA) is 87.2 Å². The van der Waals surface area contributed by atoms with Crippen LogP contribution in [0.2, 0.25) is 0 Å². The fourth-order valence-corrected chi connectivity index (χ4v) is 6.28. The van der Waals surface area contributed by atoms with Gasteiger partial charge in [-0.25, -0.2) is 17.7 Å². The molecule has 36 heavy (non-hydrogen) atoms. The molecule has 0 spiro atoms. The van der Waals surface area contributed by atoms with Crippen LogP contribution in [0.4, 0.5) is 10.1 Å². The van der Waals surface area contributed by atoms with Crippen molar-refractivity contribution in [1.29, 1.82) is 0 Å². The molecule has 3 aromatic carbocycles. The molecule has 0 bridgehead atoms. The summed E-state index contributed by atoms with van der Waals surface area (Å²) in [6.07, 6.45) is -0.286. The normalized spacial score (nSPS) is 19.5. The van der Waals surface area contributed by atoms with Gasteiger partial charge in [0.25, 0.3) is 5.91 Å². The molecule has 2 aliphatic rings. The second-order valence-electron chi connectivity index (χ2n) is 8.84. The molecule has 5 rings (SSSR count). The molecule has 2 fully saturated rings. The molecule has 2 heterocycles. The molecule has 0 aliphatic carbocycles. The summed E-state index contributed by atoms with van der Waals surface area (Å²) >= 11 is 0. The highest BCUT2D eigenvalue weighted by Crippen LogP contribution is 2.30. The van der Waals surface area contributed by atoms with E-state index in [4.69, 9.17) is 4.74 Å². The Morgan fingerprint density at radius 2 is 1.64 bits per heavy atom. The van der Waals surface area contributed by atoms with Crippen LogP contribution < -0.4 is 4.90 Å². The van der Waals surface area contributed by atoms with Crippen molar-refractivity contribution < 1.29 is 27.1 Å². The van der Waals surface area contributed by atoms with Crippen LogP contribution in [0.5, 0.6) is 0 Å². The summed E-state index contributed by atoms with van der Waals surface area (Å²) in [5.74, 6) is -1.67. The molecule has 2 amide bonds. The van der Waals surface area contributed by atoms with Crippen molar-refractivity contribution in [2.75, 3.05) is 44.3 Å². The van der Waals surface area contributed by atoms with Gasteiger partial charge in [-0.2, -0.15) is 4.31 Å². The largest absolute Gasteiger partial charge is 0.379 e. The van der Waals surface area contributed by atoms with Gasteiger partial charge in [-0.05, 0) is 47.2 Å². The first-order chi connectivity index (χ1) is 17.3. The van der Waals surface area contributed by atoms with E-state index in [0.717, 1.165) is 32.1 Å². The lowest BCUT2D eigenvalue weighted by atomic mass is 10.1. The molecule has 2 aliphatic heterocycles. The Morgan fingerprint density at radius 1 is 0.944 bits per heavy atom. The van der Waals surface area contributed by atoms with E-state index in [1.165, 1.54) is 18.2 Å². The Bertz CT molecular complexity index is 1390. The molecule has 0 N–H and O–H groups in total. The summed E-state index contributed by atoms with van der Waals surface area (Å²) in [5, 5.41) is 1.65. The number of benzene rings is 3. The van der Waals surface area contributed by atoms with E-state index in [1.54, 1.807) is 12.1 Å². The molecule has 1 unspecified atom stereocenters. The number of ether oxygens (including phenoxy) is 1. The zero-order chi connectivity index (χ0) is 25.3. The molecule has 3 aromatic rings. The lowest BCUT2D eigenvalue weighted by Gasteiger charge is -2.31. The molecule has 2 saturated heterocycles. The number of fused-ring (bicyclic) bond motifs is 1. The number of anilines is 1. The van der Waals surface area contributed by atoms with Crippen molar-refractivity contribution >= 4 is 38.3 Å². The maximum Gasteiger partial charge on any atom is 0.252 e. The number of halogens is 1. The highest BCUT2D eigenvalue weighted by molar-refractivity contribution is 7.89. The van der Waals surface area contributed by atoms with Crippen molar-refractivity contribution in [2.24, 2.45) is 0 Å². The molecule has 0 aromatic heterocycles. The number of carbonyl (C=O) groups is 2. The quantitative estimate of drug-likeness (QED) is 0.454. The van der Waals surface area contributed by atoms with Gasteiger partial charge in [0.2, 0.25) is 15.9 Å². The van der Waals surface area contributed by atoms with Gasteiger partial charge in [0.15, 0.2) is 0 Å². The Balaban J connectivity index is 1.49. The van der Waals surface area contributed by atoms with Crippen molar-refractivity contribution in [2.45, 2.75) is 17.4 Å². The lowest BCUT2D eigenvalue weighted by molar-refractivity contribution is -0.122. The summed E-state index contributed by atoms with van der Waals surface area (Å²) in [4.78, 5) is 29.4. The average molecular weight is 512 g/mol. The number of amides is 2. The number of hydrogen-bond donors (Lipinski definition) is 0. The maximum atomic E-state index is 13.9. The van der Waals surface area contributed by atoms with Crippen LogP contribution in [0.25, 0.3) is 10.8 Å². The number of rotatable bonds is 7. The smallest absolute Gasteiger partial charge is 0.252 e. The van der Waals surface area contributed by atoms with Crippen LogP contribution >= 0.6 is 0 Å². The zero-order valence-electron chi connectivity index (χ0n) is 19.5. The molecule has 0 radical (unpaired) electrons. The van der Waals surface area contributed by atoms with Crippen LogP contribution in [0, 0.1) is 5.82 Å². The molecule has 188 valence electrons. The minimum absolute atomic E-state index is 0.0378. The van der Waals surface area contributed by atoms with Crippen molar-refractivity contribution in [3.05, 3.63) is 72.5 Å². The molecule has 8 nitrogen and oxygen atoms in total. The highest BCUT2D eigenvalue weighted by Gasteiger charge is 2.47. The number of imide groups is 1. The summed E-state index contributed by atoms with van der Waals surface area (Å²) in [6.45, 7) is 2.85. The Morgan fingerprint density at radius 3 is 2.36 bits per heavy atom. The summed E-state index contributed by atoms with van der Waals surface area (Å²) in [7, 11) is -4.13. The van der Waals surface area contributed by atoms with E-state index in [9.17, 15) is 22.4 Å². The first-order valence-electron chi connectivity index (χ1n) is 11.8. The summed E-state index contributed by atoms with van der Waals surface area (Å²) < 4.78 is 47.8. The van der Waals surface area contributed by atoms with Crippen molar-refractivity contribution in [3.63, 3.8) is 0 Å². The number of hydrogen-bond acceptors (Lipinski definition) is 6. The number of nitrogens with zero attached hydrogens (tertiary/aromatic N) is 3. The minimum Gasteiger partial charge on any atom is -0.379 e. The SMILES string of the molecule is O=C1CC(N(CCN2CCOCC2)S(=O)(=O)c2ccc3ccccc3c2)C(=O)N1c1ccc(F)cc1. The standard InChI is InChI=1S/C26H26FN3O5S/c27-21-6-8-22(9-7-21)30-25(31)18-24(26(30)32)29(12-11-28-13-15-35-16-14-28)36(33,34)23-10-5-19-3-1-2-4-20(19)17-23/h1-10,17,24H,11-16,18H2. The summed E-state index contributed by atoms with van der Waals surface area (Å²) in [6, 6.07) is 16.1. The first-order valence-corrected chi connectivity index (χ1v) is 13.2. The van der Waals surface area contributed by atoms with E-state index < -0.39 is 33.7 Å². The van der Waals surface area contributed by atoms with Gasteiger partial charge in [-0.3, -0.25) is 14.5 Å². The van der Waals surface area contributed by atoms with Gasteiger partial charge in [-0.1, -0.05) is 30.3 Å². The minimum atomic E-state index is -4.13. The molecule has 0 saturated carbocycles. The second kappa shape index (κ2) is 10.1. The summed E-state index contributed by atoms with van der Waals surface area (Å²) in [5.41, 5.74) is 0.213. The third-order valence-electron chi connectivity index (χ3n) is 6.62. The van der Waals surface area contributed by atoms with Gasteiger partial charge in [0.1, 0.15) is 11.9 Å². The van der Waals surface area contributed by atoms with Crippen molar-refractivity contribution in [1.82, 2.24) is 9.21 Å². The number of sulfonamides is 1. The van der Waals surface area contributed by atoms with E-state index in [-0.39, 0.29) is 23.5 Å². The Labute approximate surface area is 208 Å². The fraction of sp³-hybridized carbons (Fsp3) is 0.308. The zero-order valence-corrected chi connectivity index (χ0v) is 20.4. The van der Waals surface area contributed by atoms with E-state index in [2.05, 4.69) is 4.90 Å². The molecular weight excluding hydrogens is 485 g/mol. The Kier molecular flexibility index (Phi) is 6.85. The third kappa shape index (κ3) is 4.77. The maximum absolute atomic E-state index is 13.9. The molecule has 10 heteroatoms. The van der Waals surface area contributed by atoms with Crippen LogP contribution in [0.15, 0.2) is 71.6 Å². The van der Waals surface area contributed by atoms with Gasteiger partial charge >= 0.3 is 0 Å². The highest BCUT2D eigenvalue weighted by atomic mass is 32.2. The lowest BCUT2D eigenvalue weighted by Crippen LogP contribution is -2.49. The second-order valence-corrected chi connectivity index (χ2v) is 10.7. The number of carbonyl (C=O) groups excluding carboxylic acids is 2. The van der Waals surface area contributed by atoms with E-state index in [1.807, 2.05) is 24.3 Å². The molecular formula is C26H26FN3O5S. The van der Waals surface area contributed by atoms with Gasteiger partial charge in [-0.15, -0.1) is 0 Å². The van der Waals surface area contributed by atoms with Crippen molar-refractivity contribution in [3.8, 4) is 0 Å². The van der Waals surface area contributed by atoms with Gasteiger partial charge < -0.3 is 4.74 Å². The monoisotopic (exact) mass is 511 g/mol. The fourth-order valence-electron chi connectivity index (χ4n) is 4.67. The predicted molar refractivity (Wildman–Crippen MR) is 132 cm³/mol. The van der Waals surface area contributed by atoms with Crippen LogP contribution in [0.1, 0.15) is 6.42 Å². The first kappa shape index (κ1) is 24.5. The third-order valence-corrected chi connectivity index (χ3v) is 8.53. The van der Waals surface area contributed by atoms with Crippen LogP contribution in [-0.4, -0.2) is 74.9 Å². The number of morpholine rings is 1. The van der Waals surface area contributed by atoms with Crippen LogP contribution in [-0.2, 0) is 24.3 Å². The van der Waals surface area contributed by atoms with Crippen LogP contribution in [0.3, 0.4) is 0 Å². The van der Waals surface area contributed by atoms with E-state index >= 15 is 0 Å². The average Bonchev–Trinajstić information content (AvgIpc) is 3.18. The predicted octanol–water partition coefficient (Wildman–Crippen LogP) is 2.63. The van der Waals surface area contributed by atoms with Gasteiger partial charge in [0.05, 0.1) is 30.2 Å². The molecule has 1 atom stereocenters.